The van der Waals surface area contributed by atoms with Gasteiger partial charge in [-0.05, 0) is 5.56 Å². The molecule has 0 heterocycles. The number of nitrogens with one attached hydrogen (secondary N) is 1. The number of benzene rings is 1. The van der Waals surface area contributed by atoms with Gasteiger partial charge in [0.15, 0.2) is 0 Å². The maximum atomic E-state index is 11.7. The molecule has 0 fully saturated rings. The van der Waals surface area contributed by atoms with E-state index < -0.39 is 18.9 Å². The minimum Gasteiger partial charge on any atom is -0.480 e. The molecule has 1 rings (SSSR count). The van der Waals surface area contributed by atoms with E-state index in [2.05, 4.69) is 10.3 Å². The second-order valence-electron chi connectivity index (χ2n) is 2.95. The van der Waals surface area contributed by atoms with Crippen LogP contribution < -0.4 is 5.48 Å². The van der Waals surface area contributed by atoms with Crippen LogP contribution in [0.5, 0.6) is 0 Å². The monoisotopic (exact) mass is 213 g/mol. The topological polar surface area (TPSA) is 58.6 Å². The zero-order valence-electron chi connectivity index (χ0n) is 8.02. The van der Waals surface area contributed by atoms with Crippen molar-refractivity contribution in [3.63, 3.8) is 0 Å². The Balaban J connectivity index is 2.55. The molecule has 0 aliphatic carbocycles. The van der Waals surface area contributed by atoms with Gasteiger partial charge in [-0.1, -0.05) is 30.3 Å². The van der Waals surface area contributed by atoms with Crippen LogP contribution in [0.15, 0.2) is 30.3 Å². The van der Waals surface area contributed by atoms with Crippen molar-refractivity contribution in [2.75, 3.05) is 6.86 Å². The minimum atomic E-state index is -1.08. The maximum Gasteiger partial charge on any atom is 0.323 e. The van der Waals surface area contributed by atoms with Gasteiger partial charge in [0, 0.05) is 6.42 Å². The first kappa shape index (κ1) is 11.6. The fraction of sp³-hybridized carbons (Fsp3) is 0.300. The van der Waals surface area contributed by atoms with Crippen LogP contribution in [0.3, 0.4) is 0 Å². The first-order valence-corrected chi connectivity index (χ1v) is 4.44. The lowest BCUT2D eigenvalue weighted by atomic mass is 10.1. The average molecular weight is 213 g/mol. The van der Waals surface area contributed by atoms with E-state index in [1.165, 1.54) is 0 Å². The number of hydrogen-bond donors (Lipinski definition) is 2. The van der Waals surface area contributed by atoms with Crippen LogP contribution in [0, 0.1) is 0 Å². The van der Waals surface area contributed by atoms with Crippen molar-refractivity contribution >= 4 is 5.97 Å². The van der Waals surface area contributed by atoms with Crippen LogP contribution in [-0.2, 0) is 16.1 Å². The molecule has 0 amide bonds. The van der Waals surface area contributed by atoms with Gasteiger partial charge in [-0.25, -0.2) is 4.39 Å². The van der Waals surface area contributed by atoms with Gasteiger partial charge in [-0.3, -0.25) is 9.63 Å². The second kappa shape index (κ2) is 6.10. The number of carboxylic acid groups (broad SMARTS) is 1. The third kappa shape index (κ3) is 4.05. The summed E-state index contributed by atoms with van der Waals surface area (Å²) in [5.41, 5.74) is 2.99. The number of hydrogen-bond acceptors (Lipinski definition) is 3. The Hall–Kier alpha value is -1.46. The molecule has 4 nitrogen and oxygen atoms in total. The highest BCUT2D eigenvalue weighted by atomic mass is 19.1. The van der Waals surface area contributed by atoms with Gasteiger partial charge in [-0.2, -0.15) is 5.48 Å². The van der Waals surface area contributed by atoms with Crippen molar-refractivity contribution in [1.29, 1.82) is 0 Å². The lowest BCUT2D eigenvalue weighted by Crippen LogP contribution is -2.38. The molecule has 0 aliphatic rings. The van der Waals surface area contributed by atoms with Gasteiger partial charge in [0.05, 0.1) is 0 Å². The number of aliphatic carboxylic acids is 1. The van der Waals surface area contributed by atoms with E-state index in [0.29, 0.717) is 0 Å². The lowest BCUT2D eigenvalue weighted by molar-refractivity contribution is -0.145. The van der Waals surface area contributed by atoms with E-state index >= 15 is 0 Å². The molecule has 0 saturated heterocycles. The van der Waals surface area contributed by atoms with Gasteiger partial charge in [0.25, 0.3) is 0 Å². The third-order valence-electron chi connectivity index (χ3n) is 1.86. The fourth-order valence-corrected chi connectivity index (χ4v) is 1.16. The Morgan fingerprint density at radius 1 is 1.47 bits per heavy atom. The predicted octanol–water partition coefficient (Wildman–Crippen LogP) is 1.13. The molecule has 0 saturated carbocycles. The van der Waals surface area contributed by atoms with E-state index in [1.54, 1.807) is 12.1 Å². The molecule has 1 aromatic rings. The summed E-state index contributed by atoms with van der Waals surface area (Å²) in [6.07, 6.45) is 0.246. The van der Waals surface area contributed by atoms with Crippen LogP contribution in [0.25, 0.3) is 0 Å². The Morgan fingerprint density at radius 2 is 2.13 bits per heavy atom. The molecule has 0 radical (unpaired) electrons. The van der Waals surface area contributed by atoms with Crippen LogP contribution in [-0.4, -0.2) is 24.0 Å². The summed E-state index contributed by atoms with van der Waals surface area (Å²) < 4.78 is 11.7. The molecule has 1 unspecified atom stereocenters. The summed E-state index contributed by atoms with van der Waals surface area (Å²) >= 11 is 0. The quantitative estimate of drug-likeness (QED) is 0.695. The van der Waals surface area contributed by atoms with Crippen molar-refractivity contribution in [3.8, 4) is 0 Å². The van der Waals surface area contributed by atoms with Crippen molar-refractivity contribution in [1.82, 2.24) is 5.48 Å². The molecule has 1 atom stereocenters. The van der Waals surface area contributed by atoms with Gasteiger partial charge in [0.1, 0.15) is 6.04 Å². The smallest absolute Gasteiger partial charge is 0.323 e. The Labute approximate surface area is 86.6 Å². The Bertz CT molecular complexity index is 305. The number of hydroxylamine groups is 1. The van der Waals surface area contributed by atoms with Gasteiger partial charge in [-0.15, -0.1) is 0 Å². The van der Waals surface area contributed by atoms with Gasteiger partial charge < -0.3 is 5.11 Å². The van der Waals surface area contributed by atoms with E-state index in [4.69, 9.17) is 5.11 Å². The zero-order chi connectivity index (χ0) is 11.1. The molecule has 0 bridgehead atoms. The molecule has 1 aromatic carbocycles. The Morgan fingerprint density at radius 3 is 2.67 bits per heavy atom. The van der Waals surface area contributed by atoms with Crippen molar-refractivity contribution in [2.45, 2.75) is 12.5 Å². The zero-order valence-corrected chi connectivity index (χ0v) is 8.02. The SMILES string of the molecule is O=C(O)C(Cc1ccccc1)NOCF. The highest BCUT2D eigenvalue weighted by Gasteiger charge is 2.17. The van der Waals surface area contributed by atoms with Gasteiger partial charge >= 0.3 is 5.97 Å². The van der Waals surface area contributed by atoms with Crippen molar-refractivity contribution in [2.24, 2.45) is 0 Å². The first-order valence-electron chi connectivity index (χ1n) is 4.44. The summed E-state index contributed by atoms with van der Waals surface area (Å²) in [4.78, 5) is 15.0. The van der Waals surface area contributed by atoms with E-state index in [9.17, 15) is 9.18 Å². The molecule has 5 heteroatoms. The highest BCUT2D eigenvalue weighted by Crippen LogP contribution is 2.03. The second-order valence-corrected chi connectivity index (χ2v) is 2.95. The number of carbonyl (C=O) groups is 1. The largest absolute Gasteiger partial charge is 0.480 e. The maximum absolute atomic E-state index is 11.7. The summed E-state index contributed by atoms with van der Waals surface area (Å²) in [6, 6.07) is 8.11. The summed E-state index contributed by atoms with van der Waals surface area (Å²) in [5.74, 6) is -1.08. The third-order valence-corrected chi connectivity index (χ3v) is 1.86. The number of rotatable bonds is 6. The number of alkyl halides is 1. The van der Waals surface area contributed by atoms with Crippen LogP contribution in [0.2, 0.25) is 0 Å². The van der Waals surface area contributed by atoms with Crippen LogP contribution in [0.1, 0.15) is 5.56 Å². The molecule has 15 heavy (non-hydrogen) atoms. The molecular formula is C10H12FNO3. The van der Waals surface area contributed by atoms with Crippen molar-refractivity contribution in [3.05, 3.63) is 35.9 Å². The summed E-state index contributed by atoms with van der Waals surface area (Å²) in [6.45, 7) is -1.06. The standard InChI is InChI=1S/C10H12FNO3/c11-7-15-12-9(10(13)14)6-8-4-2-1-3-5-8/h1-5,9,12H,6-7H2,(H,13,14). The van der Waals surface area contributed by atoms with Crippen molar-refractivity contribution < 1.29 is 19.1 Å². The average Bonchev–Trinajstić information content (AvgIpc) is 2.25. The summed E-state index contributed by atoms with van der Waals surface area (Å²) in [7, 11) is 0. The molecule has 2 N–H and O–H groups in total. The first-order chi connectivity index (χ1) is 7.24. The molecular weight excluding hydrogens is 201 g/mol. The normalized spacial score (nSPS) is 12.3. The molecule has 0 spiro atoms. The summed E-state index contributed by atoms with van der Waals surface area (Å²) in [5, 5.41) is 8.80. The van der Waals surface area contributed by atoms with E-state index in [1.807, 2.05) is 18.2 Å². The minimum absolute atomic E-state index is 0.246. The van der Waals surface area contributed by atoms with Crippen LogP contribution >= 0.6 is 0 Å². The molecule has 0 aliphatic heterocycles. The molecule has 0 aromatic heterocycles. The number of halogens is 1. The van der Waals surface area contributed by atoms with Gasteiger partial charge in [0.2, 0.25) is 6.86 Å². The lowest BCUT2D eigenvalue weighted by Gasteiger charge is -2.12. The van der Waals surface area contributed by atoms with E-state index in [0.717, 1.165) is 5.56 Å². The molecule has 82 valence electrons. The Kier molecular flexibility index (Phi) is 4.73. The van der Waals surface area contributed by atoms with Crippen LogP contribution in [0.4, 0.5) is 4.39 Å². The predicted molar refractivity (Wildman–Crippen MR) is 51.8 cm³/mol. The number of carboxylic acids is 1. The van der Waals surface area contributed by atoms with E-state index in [-0.39, 0.29) is 6.42 Å². The highest BCUT2D eigenvalue weighted by molar-refractivity contribution is 5.73. The fourth-order valence-electron chi connectivity index (χ4n) is 1.16.